The second kappa shape index (κ2) is 6.99. The van der Waals surface area contributed by atoms with Crippen LogP contribution in [0.15, 0.2) is 60.7 Å². The first-order valence-electron chi connectivity index (χ1n) is 8.70. The number of methoxy groups -OCH3 is 1. The summed E-state index contributed by atoms with van der Waals surface area (Å²) in [4.78, 5) is 15.3. The zero-order valence-electron chi connectivity index (χ0n) is 15.1. The lowest BCUT2D eigenvalue weighted by molar-refractivity contribution is 0.0520. The number of aromatic nitrogens is 3. The van der Waals surface area contributed by atoms with Gasteiger partial charge in [0.15, 0.2) is 0 Å². The molecule has 0 radical (unpaired) electrons. The van der Waals surface area contributed by atoms with Gasteiger partial charge in [-0.2, -0.15) is 5.10 Å². The fourth-order valence-electron chi connectivity index (χ4n) is 3.06. The van der Waals surface area contributed by atoms with Crippen molar-refractivity contribution >= 4 is 17.0 Å². The van der Waals surface area contributed by atoms with Crippen LogP contribution in [0.1, 0.15) is 17.4 Å². The summed E-state index contributed by atoms with van der Waals surface area (Å²) in [5.41, 5.74) is 4.64. The molecule has 136 valence electrons. The van der Waals surface area contributed by atoms with Gasteiger partial charge in [0.2, 0.25) is 0 Å². The Labute approximate surface area is 156 Å². The minimum atomic E-state index is -0.387. The molecule has 0 saturated heterocycles. The Morgan fingerprint density at radius 2 is 1.85 bits per heavy atom. The van der Waals surface area contributed by atoms with Gasteiger partial charge in [-0.1, -0.05) is 18.2 Å². The summed E-state index contributed by atoms with van der Waals surface area (Å²) >= 11 is 0. The van der Waals surface area contributed by atoms with E-state index in [1.54, 1.807) is 20.1 Å². The third-order valence-electron chi connectivity index (χ3n) is 4.31. The monoisotopic (exact) mass is 361 g/mol. The van der Waals surface area contributed by atoms with Gasteiger partial charge in [0.05, 0.1) is 30.6 Å². The van der Waals surface area contributed by atoms with Crippen molar-refractivity contribution in [3.05, 3.63) is 66.4 Å². The second-order valence-corrected chi connectivity index (χ2v) is 5.99. The molecule has 27 heavy (non-hydrogen) atoms. The standard InChI is InChI=1S/C21H19N3O3/c1-3-27-21(25)18-13-17-19(22-18)20(14-9-11-16(26-2)12-10-14)24(23-17)15-7-5-4-6-8-15/h4-13,22H,3H2,1-2H3. The molecule has 6 nitrogen and oxygen atoms in total. The van der Waals surface area contributed by atoms with Crippen LogP contribution in [0, 0.1) is 0 Å². The highest BCUT2D eigenvalue weighted by Gasteiger charge is 2.20. The molecule has 0 bridgehead atoms. The number of benzene rings is 2. The Bertz CT molecular complexity index is 1080. The summed E-state index contributed by atoms with van der Waals surface area (Å²) < 4.78 is 12.2. The molecule has 0 aliphatic heterocycles. The van der Waals surface area contributed by atoms with Crippen LogP contribution in [-0.2, 0) is 4.74 Å². The smallest absolute Gasteiger partial charge is 0.354 e. The summed E-state index contributed by atoms with van der Waals surface area (Å²) in [6.45, 7) is 2.11. The highest BCUT2D eigenvalue weighted by molar-refractivity contribution is 5.98. The van der Waals surface area contributed by atoms with Gasteiger partial charge in [0, 0.05) is 5.56 Å². The molecule has 4 rings (SSSR count). The Hall–Kier alpha value is -3.54. The summed E-state index contributed by atoms with van der Waals surface area (Å²) in [6, 6.07) is 19.3. The van der Waals surface area contributed by atoms with Crippen LogP contribution in [-0.4, -0.2) is 34.5 Å². The van der Waals surface area contributed by atoms with Gasteiger partial charge in [0.25, 0.3) is 0 Å². The number of fused-ring (bicyclic) bond motifs is 1. The van der Waals surface area contributed by atoms with Gasteiger partial charge in [-0.05, 0) is 49.4 Å². The number of H-pyrrole nitrogens is 1. The average Bonchev–Trinajstić information content (AvgIpc) is 3.27. The minimum absolute atomic E-state index is 0.324. The summed E-state index contributed by atoms with van der Waals surface area (Å²) in [7, 11) is 1.64. The first-order valence-corrected chi connectivity index (χ1v) is 8.70. The molecule has 0 atom stereocenters. The Morgan fingerprint density at radius 3 is 2.52 bits per heavy atom. The van der Waals surface area contributed by atoms with Gasteiger partial charge in [-0.15, -0.1) is 0 Å². The predicted molar refractivity (Wildman–Crippen MR) is 103 cm³/mol. The summed E-state index contributed by atoms with van der Waals surface area (Å²) in [6.07, 6.45) is 0. The number of esters is 1. The van der Waals surface area contributed by atoms with Gasteiger partial charge in [-0.3, -0.25) is 0 Å². The quantitative estimate of drug-likeness (QED) is 0.541. The molecule has 0 aliphatic rings. The molecule has 0 saturated carbocycles. The molecule has 0 amide bonds. The average molecular weight is 361 g/mol. The first kappa shape index (κ1) is 16.9. The van der Waals surface area contributed by atoms with Crippen LogP contribution in [0.2, 0.25) is 0 Å². The number of carbonyl (C=O) groups excluding carboxylic acids is 1. The van der Waals surface area contributed by atoms with Crippen LogP contribution >= 0.6 is 0 Å². The van der Waals surface area contributed by atoms with Crippen molar-refractivity contribution in [2.24, 2.45) is 0 Å². The maximum absolute atomic E-state index is 12.1. The molecule has 0 fully saturated rings. The Balaban J connectivity index is 1.91. The number of rotatable bonds is 5. The van der Waals surface area contributed by atoms with E-state index in [4.69, 9.17) is 14.6 Å². The number of carbonyl (C=O) groups is 1. The molecular weight excluding hydrogens is 342 g/mol. The minimum Gasteiger partial charge on any atom is -0.497 e. The van der Waals surface area contributed by atoms with Crippen LogP contribution in [0.3, 0.4) is 0 Å². The van der Waals surface area contributed by atoms with Gasteiger partial charge in [-0.25, -0.2) is 9.48 Å². The highest BCUT2D eigenvalue weighted by atomic mass is 16.5. The number of nitrogens with one attached hydrogen (secondary N) is 1. The van der Waals surface area contributed by atoms with E-state index < -0.39 is 0 Å². The number of aromatic amines is 1. The second-order valence-electron chi connectivity index (χ2n) is 5.99. The molecule has 0 aliphatic carbocycles. The van der Waals surface area contributed by atoms with Crippen molar-refractivity contribution < 1.29 is 14.3 Å². The number of hydrogen-bond donors (Lipinski definition) is 1. The first-order chi connectivity index (χ1) is 13.2. The predicted octanol–water partition coefficient (Wildman–Crippen LogP) is 4.21. The maximum Gasteiger partial charge on any atom is 0.354 e. The highest BCUT2D eigenvalue weighted by Crippen LogP contribution is 2.32. The van der Waals surface area contributed by atoms with Gasteiger partial charge < -0.3 is 14.5 Å². The fourth-order valence-corrected chi connectivity index (χ4v) is 3.06. The molecule has 4 aromatic rings. The molecule has 1 N–H and O–H groups in total. The van der Waals surface area contributed by atoms with E-state index in [1.807, 2.05) is 59.3 Å². The Morgan fingerprint density at radius 1 is 1.11 bits per heavy atom. The van der Waals surface area contributed by atoms with Crippen LogP contribution in [0.4, 0.5) is 0 Å². The molecule has 2 aromatic heterocycles. The normalized spacial score (nSPS) is 10.9. The molecule has 0 unspecified atom stereocenters. The van der Waals surface area contributed by atoms with Crippen molar-refractivity contribution in [1.82, 2.24) is 14.8 Å². The van der Waals surface area contributed by atoms with Crippen LogP contribution < -0.4 is 4.74 Å². The molecular formula is C21H19N3O3. The van der Waals surface area contributed by atoms with Gasteiger partial charge >= 0.3 is 5.97 Å². The summed E-state index contributed by atoms with van der Waals surface area (Å²) in [5.74, 6) is 0.391. The van der Waals surface area contributed by atoms with Crippen molar-refractivity contribution in [1.29, 1.82) is 0 Å². The maximum atomic E-state index is 12.1. The fraction of sp³-hybridized carbons (Fsp3) is 0.143. The van der Waals surface area contributed by atoms with E-state index in [9.17, 15) is 4.79 Å². The van der Waals surface area contributed by atoms with Crippen molar-refractivity contribution in [2.75, 3.05) is 13.7 Å². The van der Waals surface area contributed by atoms with Crippen molar-refractivity contribution in [3.8, 4) is 22.7 Å². The van der Waals surface area contributed by atoms with E-state index in [-0.39, 0.29) is 5.97 Å². The Kier molecular flexibility index (Phi) is 4.38. The van der Waals surface area contributed by atoms with Crippen molar-refractivity contribution in [3.63, 3.8) is 0 Å². The third-order valence-corrected chi connectivity index (χ3v) is 4.31. The topological polar surface area (TPSA) is 69.1 Å². The lowest BCUT2D eigenvalue weighted by Gasteiger charge is -2.09. The van der Waals surface area contributed by atoms with E-state index in [2.05, 4.69) is 4.98 Å². The van der Waals surface area contributed by atoms with Gasteiger partial charge in [0.1, 0.15) is 17.0 Å². The molecule has 6 heteroatoms. The third kappa shape index (κ3) is 3.06. The van der Waals surface area contributed by atoms with E-state index in [1.165, 1.54) is 0 Å². The molecule has 2 aromatic carbocycles. The van der Waals surface area contributed by atoms with Crippen LogP contribution in [0.25, 0.3) is 28.0 Å². The van der Waals surface area contributed by atoms with Crippen LogP contribution in [0.5, 0.6) is 5.75 Å². The molecule has 0 spiro atoms. The zero-order valence-corrected chi connectivity index (χ0v) is 15.1. The largest absolute Gasteiger partial charge is 0.497 e. The number of nitrogens with zero attached hydrogens (tertiary/aromatic N) is 2. The molecule has 2 heterocycles. The number of ether oxygens (including phenoxy) is 2. The lowest BCUT2D eigenvalue weighted by atomic mass is 10.1. The zero-order chi connectivity index (χ0) is 18.8. The van der Waals surface area contributed by atoms with E-state index >= 15 is 0 Å². The lowest BCUT2D eigenvalue weighted by Crippen LogP contribution is -2.05. The van der Waals surface area contributed by atoms with Crippen molar-refractivity contribution in [2.45, 2.75) is 6.92 Å². The number of para-hydroxylation sites is 1. The number of hydrogen-bond acceptors (Lipinski definition) is 4. The van der Waals surface area contributed by atoms with E-state index in [0.717, 1.165) is 28.2 Å². The SMILES string of the molecule is CCOC(=O)c1cc2nn(-c3ccccc3)c(-c3ccc(OC)cc3)c2[nH]1. The van der Waals surface area contributed by atoms with E-state index in [0.29, 0.717) is 17.8 Å². The summed E-state index contributed by atoms with van der Waals surface area (Å²) in [5, 5.41) is 4.71.